The van der Waals surface area contributed by atoms with E-state index in [1.165, 1.54) is 73.6 Å². The molecule has 0 bridgehead atoms. The fraction of sp³-hybridized carbons (Fsp3) is 0.628. The van der Waals surface area contributed by atoms with Gasteiger partial charge in [0.15, 0.2) is 11.5 Å². The van der Waals surface area contributed by atoms with E-state index in [1.807, 2.05) is 0 Å². The van der Waals surface area contributed by atoms with Crippen LogP contribution in [0.15, 0.2) is 47.8 Å². The van der Waals surface area contributed by atoms with Gasteiger partial charge in [-0.3, -0.25) is 0 Å². The van der Waals surface area contributed by atoms with Gasteiger partial charge in [-0.2, -0.15) is 0 Å². The van der Waals surface area contributed by atoms with Crippen LogP contribution in [0, 0.1) is 0 Å². The zero-order valence-corrected chi connectivity index (χ0v) is 36.5. The number of thiophene rings is 1. The van der Waals surface area contributed by atoms with Crippen LogP contribution in [0.25, 0.3) is 21.6 Å². The average Bonchev–Trinajstić information content (AvgIpc) is 3.72. The first-order chi connectivity index (χ1) is 26.7. The number of hydrogen-bond donors (Lipinski definition) is 0. The summed E-state index contributed by atoms with van der Waals surface area (Å²) < 4.78 is 45.5. The summed E-state index contributed by atoms with van der Waals surface area (Å²) in [4.78, 5) is 1.07. The van der Waals surface area contributed by atoms with E-state index < -0.39 is 0 Å². The Bertz CT molecular complexity index is 1420. The Morgan fingerprint density at radius 2 is 1.06 bits per heavy atom. The van der Waals surface area contributed by atoms with Gasteiger partial charge in [-0.15, -0.1) is 11.3 Å². The molecule has 0 atom stereocenters. The van der Waals surface area contributed by atoms with E-state index in [2.05, 4.69) is 79.7 Å². The van der Waals surface area contributed by atoms with Crippen molar-refractivity contribution in [1.82, 2.24) is 0 Å². The van der Waals surface area contributed by atoms with Crippen LogP contribution in [0.4, 0.5) is 0 Å². The second-order valence-electron chi connectivity index (χ2n) is 13.5. The van der Waals surface area contributed by atoms with Crippen LogP contribution >= 0.6 is 43.2 Å². The van der Waals surface area contributed by atoms with Crippen molar-refractivity contribution in [2.75, 3.05) is 104 Å². The lowest BCUT2D eigenvalue weighted by atomic mass is 9.70. The second-order valence-corrected chi connectivity index (χ2v) is 16.0. The molecule has 1 aliphatic carbocycles. The summed E-state index contributed by atoms with van der Waals surface area (Å²) in [6.07, 6.45) is 12.2. The maximum Gasteiger partial charge on any atom is 0.179 e. The third kappa shape index (κ3) is 14.1. The first kappa shape index (κ1) is 45.2. The number of alkyl halides is 2. The van der Waals surface area contributed by atoms with Crippen LogP contribution < -0.4 is 9.47 Å². The van der Waals surface area contributed by atoms with Gasteiger partial charge in [0.25, 0.3) is 0 Å². The number of unbranched alkanes of at least 4 members (excludes halogenated alkanes) is 6. The van der Waals surface area contributed by atoms with Gasteiger partial charge >= 0.3 is 0 Å². The van der Waals surface area contributed by atoms with E-state index in [-0.39, 0.29) is 5.41 Å². The quantitative estimate of drug-likeness (QED) is 0.0442. The Morgan fingerprint density at radius 3 is 1.65 bits per heavy atom. The smallest absolute Gasteiger partial charge is 0.179 e. The van der Waals surface area contributed by atoms with Crippen molar-refractivity contribution in [3.05, 3.63) is 59.0 Å². The number of fused-ring (bicyclic) bond motifs is 3. The summed E-state index contributed by atoms with van der Waals surface area (Å²) >= 11 is 8.93. The molecule has 0 saturated heterocycles. The average molecular weight is 899 g/mol. The highest BCUT2D eigenvalue weighted by Gasteiger charge is 2.42. The number of methoxy groups -OCH3 is 2. The molecular weight excluding hydrogens is 836 g/mol. The highest BCUT2D eigenvalue weighted by molar-refractivity contribution is 9.09. The van der Waals surface area contributed by atoms with Crippen molar-refractivity contribution in [3.8, 4) is 33.1 Å². The van der Waals surface area contributed by atoms with Crippen LogP contribution in [-0.2, 0) is 33.8 Å². The van der Waals surface area contributed by atoms with Gasteiger partial charge < -0.3 is 37.9 Å². The Hall–Kier alpha value is -1.54. The molecule has 302 valence electrons. The van der Waals surface area contributed by atoms with Crippen molar-refractivity contribution < 1.29 is 37.9 Å². The third-order valence-corrected chi connectivity index (χ3v) is 11.9. The monoisotopic (exact) mass is 896 g/mol. The first-order valence-electron chi connectivity index (χ1n) is 19.7. The summed E-state index contributed by atoms with van der Waals surface area (Å²) in [5, 5.41) is 4.21. The van der Waals surface area contributed by atoms with Crippen LogP contribution in [0.1, 0.15) is 75.3 Å². The maximum atomic E-state index is 6.50. The lowest BCUT2D eigenvalue weighted by Gasteiger charge is -2.33. The molecule has 0 aliphatic heterocycles. The Morgan fingerprint density at radius 1 is 0.537 bits per heavy atom. The number of hydrogen-bond acceptors (Lipinski definition) is 9. The van der Waals surface area contributed by atoms with E-state index in [0.29, 0.717) is 79.3 Å². The molecule has 0 saturated carbocycles. The summed E-state index contributed by atoms with van der Waals surface area (Å²) in [5.41, 5.74) is 6.87. The highest BCUT2D eigenvalue weighted by atomic mass is 79.9. The van der Waals surface area contributed by atoms with Crippen LogP contribution in [-0.4, -0.2) is 104 Å². The van der Waals surface area contributed by atoms with Crippen molar-refractivity contribution in [2.24, 2.45) is 0 Å². The molecule has 0 fully saturated rings. The van der Waals surface area contributed by atoms with E-state index in [1.54, 1.807) is 25.6 Å². The summed E-state index contributed by atoms with van der Waals surface area (Å²) in [6.45, 7) is 6.02. The van der Waals surface area contributed by atoms with Gasteiger partial charge in [0.1, 0.15) is 13.2 Å². The second kappa shape index (κ2) is 27.2. The molecule has 8 nitrogen and oxygen atoms in total. The first-order valence-corrected chi connectivity index (χ1v) is 22.8. The zero-order valence-electron chi connectivity index (χ0n) is 32.5. The Labute approximate surface area is 345 Å². The SMILES string of the molecule is COCCOCCOCCOc1csc(-c2ccc3c(c2)C(CCCCCCBr)(CCCCCCBr)c2ccccc2-3)c1OCCOCCOCCOC. The maximum absolute atomic E-state index is 6.50. The predicted octanol–water partition coefficient (Wildman–Crippen LogP) is 10.5. The van der Waals surface area contributed by atoms with Crippen LogP contribution in [0.2, 0.25) is 0 Å². The molecule has 0 radical (unpaired) electrons. The highest BCUT2D eigenvalue weighted by Crippen LogP contribution is 2.56. The van der Waals surface area contributed by atoms with Gasteiger partial charge in [-0.1, -0.05) is 107 Å². The predicted molar refractivity (Wildman–Crippen MR) is 228 cm³/mol. The van der Waals surface area contributed by atoms with Crippen molar-refractivity contribution in [2.45, 2.75) is 69.6 Å². The van der Waals surface area contributed by atoms with Gasteiger partial charge in [0, 0.05) is 35.7 Å². The number of benzene rings is 2. The molecule has 3 aromatic rings. The molecule has 0 spiro atoms. The third-order valence-electron chi connectivity index (χ3n) is 9.79. The molecule has 1 heterocycles. The standard InChI is InChI=1S/C43H62Br2O8S/c1-46-21-23-48-25-27-50-29-31-52-40-34-54-42(41(40)53-32-30-51-28-26-49-24-22-47-2)35-15-16-37-36-13-7-8-14-38(36)43(39(37)33-35,17-9-3-5-11-19-44)18-10-4-6-12-20-45/h7-8,13-16,33-34H,3-6,9-12,17-32H2,1-2H3. The topological polar surface area (TPSA) is 73.8 Å². The van der Waals surface area contributed by atoms with Crippen molar-refractivity contribution in [1.29, 1.82) is 0 Å². The molecule has 4 rings (SSSR count). The van der Waals surface area contributed by atoms with Gasteiger partial charge in [-0.05, 0) is 59.6 Å². The van der Waals surface area contributed by atoms with E-state index in [0.717, 1.165) is 45.4 Å². The Kier molecular flexibility index (Phi) is 22.7. The van der Waals surface area contributed by atoms with Crippen molar-refractivity contribution in [3.63, 3.8) is 0 Å². The summed E-state index contributed by atoms with van der Waals surface area (Å²) in [6, 6.07) is 16.2. The molecule has 2 aromatic carbocycles. The van der Waals surface area contributed by atoms with Crippen molar-refractivity contribution >= 4 is 43.2 Å². The zero-order chi connectivity index (χ0) is 38.1. The number of ether oxygens (including phenoxy) is 8. The van der Waals surface area contributed by atoms with E-state index >= 15 is 0 Å². The van der Waals surface area contributed by atoms with Gasteiger partial charge in [0.2, 0.25) is 0 Å². The van der Waals surface area contributed by atoms with E-state index in [9.17, 15) is 0 Å². The fourth-order valence-corrected chi connectivity index (χ4v) is 8.84. The minimum absolute atomic E-state index is 0.00781. The molecule has 54 heavy (non-hydrogen) atoms. The summed E-state index contributed by atoms with van der Waals surface area (Å²) in [7, 11) is 3.34. The fourth-order valence-electron chi connectivity index (χ4n) is 7.12. The van der Waals surface area contributed by atoms with Crippen LogP contribution in [0.5, 0.6) is 11.5 Å². The molecule has 0 N–H and O–H groups in total. The largest absolute Gasteiger partial charge is 0.486 e. The lowest BCUT2D eigenvalue weighted by Crippen LogP contribution is -2.25. The Balaban J connectivity index is 1.55. The molecule has 1 aromatic heterocycles. The molecular formula is C43H62Br2O8S. The number of rotatable bonds is 33. The minimum Gasteiger partial charge on any atom is -0.486 e. The molecule has 1 aliphatic rings. The normalized spacial score (nSPS) is 13.0. The number of halogens is 2. The van der Waals surface area contributed by atoms with E-state index in [4.69, 9.17) is 37.9 Å². The van der Waals surface area contributed by atoms with Gasteiger partial charge in [0.05, 0.1) is 70.9 Å². The van der Waals surface area contributed by atoms with Crippen LogP contribution in [0.3, 0.4) is 0 Å². The summed E-state index contributed by atoms with van der Waals surface area (Å²) in [5.74, 6) is 1.49. The molecule has 0 unspecified atom stereocenters. The minimum atomic E-state index is -0.00781. The van der Waals surface area contributed by atoms with Gasteiger partial charge in [-0.25, -0.2) is 0 Å². The lowest BCUT2D eigenvalue weighted by molar-refractivity contribution is 0.0161. The molecule has 11 heteroatoms. The molecule has 0 amide bonds.